The van der Waals surface area contributed by atoms with Gasteiger partial charge in [-0.05, 0) is 38.1 Å². The molecule has 0 saturated carbocycles. The molecule has 5 heteroatoms. The minimum atomic E-state index is -0.263. The molecule has 0 saturated heterocycles. The Bertz CT molecular complexity index is 587. The summed E-state index contributed by atoms with van der Waals surface area (Å²) in [7, 11) is 1.55. The van der Waals surface area contributed by atoms with Gasteiger partial charge in [-0.2, -0.15) is 0 Å². The number of benzene rings is 1. The van der Waals surface area contributed by atoms with E-state index < -0.39 is 0 Å². The molecule has 108 valence electrons. The fourth-order valence-corrected chi connectivity index (χ4v) is 3.29. The lowest BCUT2D eigenvalue weighted by molar-refractivity contribution is 0.388. The standard InChI is InChI=1S/C15H17ClFNOS/c1-9(13-7-8-14(16)20-13)18-10(2)15-11(17)5-4-6-12(15)19-3/h4-10,18H,1-3H3. The highest BCUT2D eigenvalue weighted by Crippen LogP contribution is 2.32. The number of hydrogen-bond acceptors (Lipinski definition) is 3. The van der Waals surface area contributed by atoms with Crippen LogP contribution in [-0.2, 0) is 0 Å². The van der Waals surface area contributed by atoms with Crippen molar-refractivity contribution in [2.75, 3.05) is 7.11 Å². The topological polar surface area (TPSA) is 21.3 Å². The molecule has 2 unspecified atom stereocenters. The van der Waals surface area contributed by atoms with Crippen LogP contribution >= 0.6 is 22.9 Å². The maximum Gasteiger partial charge on any atom is 0.131 e. The maximum absolute atomic E-state index is 14.0. The highest BCUT2D eigenvalue weighted by Gasteiger charge is 2.19. The normalized spacial score (nSPS) is 14.1. The lowest BCUT2D eigenvalue weighted by atomic mass is 10.1. The Kier molecular flexibility index (Phi) is 5.02. The van der Waals surface area contributed by atoms with Gasteiger partial charge < -0.3 is 10.1 Å². The highest BCUT2D eigenvalue weighted by atomic mass is 35.5. The second-order valence-corrected chi connectivity index (χ2v) is 6.35. The Balaban J connectivity index is 2.18. The van der Waals surface area contributed by atoms with Crippen LogP contribution in [0.2, 0.25) is 4.34 Å². The van der Waals surface area contributed by atoms with Crippen molar-refractivity contribution in [2.45, 2.75) is 25.9 Å². The molecule has 2 atom stereocenters. The summed E-state index contributed by atoms with van der Waals surface area (Å²) >= 11 is 7.47. The Morgan fingerprint density at radius 2 is 1.95 bits per heavy atom. The molecule has 0 amide bonds. The average Bonchev–Trinajstić information content (AvgIpc) is 2.84. The molecule has 1 N–H and O–H groups in total. The molecule has 2 rings (SSSR count). The second kappa shape index (κ2) is 6.57. The van der Waals surface area contributed by atoms with Gasteiger partial charge in [-0.25, -0.2) is 4.39 Å². The first-order valence-electron chi connectivity index (χ1n) is 6.36. The number of nitrogens with one attached hydrogen (secondary N) is 1. The van der Waals surface area contributed by atoms with Crippen molar-refractivity contribution < 1.29 is 9.13 Å². The molecular formula is C15H17ClFNOS. The van der Waals surface area contributed by atoms with E-state index in [0.717, 1.165) is 9.21 Å². The Hall–Kier alpha value is -1.10. The van der Waals surface area contributed by atoms with E-state index in [1.165, 1.54) is 17.4 Å². The third kappa shape index (κ3) is 3.32. The van der Waals surface area contributed by atoms with Gasteiger partial charge >= 0.3 is 0 Å². The van der Waals surface area contributed by atoms with Crippen LogP contribution in [-0.4, -0.2) is 7.11 Å². The van der Waals surface area contributed by atoms with Crippen LogP contribution in [0.25, 0.3) is 0 Å². The SMILES string of the molecule is COc1cccc(F)c1C(C)NC(C)c1ccc(Cl)s1. The smallest absolute Gasteiger partial charge is 0.131 e. The lowest BCUT2D eigenvalue weighted by Crippen LogP contribution is -2.23. The molecule has 0 spiro atoms. The van der Waals surface area contributed by atoms with Crippen molar-refractivity contribution >= 4 is 22.9 Å². The van der Waals surface area contributed by atoms with Crippen molar-refractivity contribution in [3.8, 4) is 5.75 Å². The Labute approximate surface area is 127 Å². The van der Waals surface area contributed by atoms with Gasteiger partial charge in [-0.15, -0.1) is 11.3 Å². The first kappa shape index (κ1) is 15.3. The van der Waals surface area contributed by atoms with Crippen molar-refractivity contribution in [1.29, 1.82) is 0 Å². The summed E-state index contributed by atoms with van der Waals surface area (Å²) in [6, 6.07) is 8.64. The van der Waals surface area contributed by atoms with Gasteiger partial charge in [-0.3, -0.25) is 0 Å². The predicted molar refractivity (Wildman–Crippen MR) is 82.2 cm³/mol. The molecule has 1 heterocycles. The fraction of sp³-hybridized carbons (Fsp3) is 0.333. The van der Waals surface area contributed by atoms with Crippen LogP contribution in [0.1, 0.15) is 36.4 Å². The van der Waals surface area contributed by atoms with Gasteiger partial charge in [0.25, 0.3) is 0 Å². The van der Waals surface area contributed by atoms with Gasteiger partial charge in [0.15, 0.2) is 0 Å². The zero-order valence-electron chi connectivity index (χ0n) is 11.6. The van der Waals surface area contributed by atoms with Gasteiger partial charge in [0.05, 0.1) is 11.4 Å². The first-order valence-corrected chi connectivity index (χ1v) is 7.56. The minimum absolute atomic E-state index is 0.0896. The van der Waals surface area contributed by atoms with Crippen LogP contribution in [0, 0.1) is 5.82 Å². The van der Waals surface area contributed by atoms with E-state index in [1.54, 1.807) is 19.2 Å². The number of halogens is 2. The van der Waals surface area contributed by atoms with Crippen LogP contribution in [0.5, 0.6) is 5.75 Å². The Morgan fingerprint density at radius 1 is 1.20 bits per heavy atom. The summed E-state index contributed by atoms with van der Waals surface area (Å²) in [5.41, 5.74) is 0.546. The highest BCUT2D eigenvalue weighted by molar-refractivity contribution is 7.16. The van der Waals surface area contributed by atoms with Crippen molar-refractivity contribution in [1.82, 2.24) is 5.32 Å². The van der Waals surface area contributed by atoms with Crippen LogP contribution < -0.4 is 10.1 Å². The molecule has 0 bridgehead atoms. The molecule has 20 heavy (non-hydrogen) atoms. The monoisotopic (exact) mass is 313 g/mol. The molecule has 0 fully saturated rings. The van der Waals surface area contributed by atoms with Crippen molar-refractivity contribution in [3.63, 3.8) is 0 Å². The van der Waals surface area contributed by atoms with E-state index in [9.17, 15) is 4.39 Å². The maximum atomic E-state index is 14.0. The average molecular weight is 314 g/mol. The fourth-order valence-electron chi connectivity index (χ4n) is 2.22. The third-order valence-corrected chi connectivity index (χ3v) is 4.60. The van der Waals surface area contributed by atoms with E-state index in [-0.39, 0.29) is 17.9 Å². The largest absolute Gasteiger partial charge is 0.496 e. The Morgan fingerprint density at radius 3 is 2.55 bits per heavy atom. The van der Waals surface area contributed by atoms with Gasteiger partial charge in [0.2, 0.25) is 0 Å². The van der Waals surface area contributed by atoms with E-state index in [0.29, 0.717) is 11.3 Å². The molecular weight excluding hydrogens is 297 g/mol. The zero-order chi connectivity index (χ0) is 14.7. The lowest BCUT2D eigenvalue weighted by Gasteiger charge is -2.21. The minimum Gasteiger partial charge on any atom is -0.496 e. The molecule has 0 aliphatic rings. The number of hydrogen-bond donors (Lipinski definition) is 1. The number of thiophene rings is 1. The molecule has 0 aliphatic heterocycles. The molecule has 2 aromatic rings. The summed E-state index contributed by atoms with van der Waals surface area (Å²) in [6.45, 7) is 3.96. The summed E-state index contributed by atoms with van der Waals surface area (Å²) in [5, 5.41) is 3.37. The van der Waals surface area contributed by atoms with Crippen molar-refractivity contribution in [3.05, 3.63) is 50.9 Å². The van der Waals surface area contributed by atoms with Crippen molar-refractivity contribution in [2.24, 2.45) is 0 Å². The molecule has 1 aromatic heterocycles. The van der Waals surface area contributed by atoms with Crippen LogP contribution in [0.15, 0.2) is 30.3 Å². The second-order valence-electron chi connectivity index (χ2n) is 4.61. The number of ether oxygens (including phenoxy) is 1. The van der Waals surface area contributed by atoms with E-state index in [4.69, 9.17) is 16.3 Å². The van der Waals surface area contributed by atoms with Gasteiger partial charge in [-0.1, -0.05) is 17.7 Å². The summed E-state index contributed by atoms with van der Waals surface area (Å²) in [6.07, 6.45) is 0. The van der Waals surface area contributed by atoms with Crippen LogP contribution in [0.3, 0.4) is 0 Å². The predicted octanol–water partition coefficient (Wildman–Crippen LogP) is 4.96. The van der Waals surface area contributed by atoms with E-state index in [1.807, 2.05) is 26.0 Å². The summed E-state index contributed by atoms with van der Waals surface area (Å²) in [4.78, 5) is 1.12. The van der Waals surface area contributed by atoms with E-state index in [2.05, 4.69) is 5.32 Å². The number of rotatable bonds is 5. The molecule has 0 aliphatic carbocycles. The number of methoxy groups -OCH3 is 1. The quantitative estimate of drug-likeness (QED) is 0.842. The first-order chi connectivity index (χ1) is 9.52. The van der Waals surface area contributed by atoms with Crippen LogP contribution in [0.4, 0.5) is 4.39 Å². The molecule has 1 aromatic carbocycles. The van der Waals surface area contributed by atoms with E-state index >= 15 is 0 Å². The van der Waals surface area contributed by atoms with Gasteiger partial charge in [0, 0.05) is 22.5 Å². The molecule has 2 nitrogen and oxygen atoms in total. The summed E-state index contributed by atoms with van der Waals surface area (Å²) < 4.78 is 20.0. The van der Waals surface area contributed by atoms with Gasteiger partial charge in [0.1, 0.15) is 11.6 Å². The zero-order valence-corrected chi connectivity index (χ0v) is 13.2. The summed E-state index contributed by atoms with van der Waals surface area (Å²) in [5.74, 6) is 0.294. The third-order valence-electron chi connectivity index (χ3n) is 3.19. The molecule has 0 radical (unpaired) electrons.